The molecule has 0 radical (unpaired) electrons. The topological polar surface area (TPSA) is 56.3 Å². The highest BCUT2D eigenvalue weighted by molar-refractivity contribution is 7.80. The van der Waals surface area contributed by atoms with Gasteiger partial charge in [-0.15, -0.1) is 0 Å². The smallest absolute Gasteiger partial charge is 0.232 e. The molecule has 2 aromatic rings. The van der Waals surface area contributed by atoms with E-state index in [0.29, 0.717) is 22.9 Å². The summed E-state index contributed by atoms with van der Waals surface area (Å²) in [5.41, 5.74) is 1.12. The Balaban J connectivity index is 1.41. The summed E-state index contributed by atoms with van der Waals surface area (Å²) in [5, 5.41) is 7.05. The van der Waals surface area contributed by atoms with Crippen molar-refractivity contribution in [2.24, 2.45) is 11.8 Å². The third-order valence-electron chi connectivity index (χ3n) is 6.89. The Morgan fingerprint density at radius 3 is 2.26 bits per heavy atom. The number of thiocarbonyl (C=S) groups is 1. The molecule has 0 saturated carbocycles. The Labute approximate surface area is 214 Å². The quantitative estimate of drug-likeness (QED) is 0.392. The molecule has 4 rings (SSSR count). The summed E-state index contributed by atoms with van der Waals surface area (Å²) in [4.78, 5) is 14.6. The second-order valence-electron chi connectivity index (χ2n) is 10.3. The van der Waals surface area contributed by atoms with Gasteiger partial charge >= 0.3 is 0 Å². The van der Waals surface area contributed by atoms with Crippen molar-refractivity contribution in [3.05, 3.63) is 41.7 Å². The molecule has 2 aliphatic rings. The molecular formula is C27H39FN6S. The minimum absolute atomic E-state index is 0.201. The van der Waals surface area contributed by atoms with Crippen LogP contribution in [0.1, 0.15) is 57.9 Å². The zero-order chi connectivity index (χ0) is 24.6. The van der Waals surface area contributed by atoms with Crippen LogP contribution in [0.3, 0.4) is 0 Å². The first-order valence-corrected chi connectivity index (χ1v) is 13.6. The van der Waals surface area contributed by atoms with Gasteiger partial charge in [0.15, 0.2) is 5.11 Å². The highest BCUT2D eigenvalue weighted by atomic mass is 32.1. The van der Waals surface area contributed by atoms with E-state index in [9.17, 15) is 4.39 Å². The average Bonchev–Trinajstić information content (AvgIpc) is 3.12. The van der Waals surface area contributed by atoms with Gasteiger partial charge in [0.25, 0.3) is 0 Å². The van der Waals surface area contributed by atoms with Crippen LogP contribution in [0.25, 0.3) is 0 Å². The Morgan fingerprint density at radius 2 is 1.60 bits per heavy atom. The molecule has 190 valence electrons. The fourth-order valence-electron chi connectivity index (χ4n) is 5.24. The summed E-state index contributed by atoms with van der Waals surface area (Å²) in [5.74, 6) is 3.63. The highest BCUT2D eigenvalue weighted by Crippen LogP contribution is 2.29. The highest BCUT2D eigenvalue weighted by Gasteiger charge is 2.24. The number of aryl methyl sites for hydroxylation is 1. The third-order valence-corrected chi connectivity index (χ3v) is 7.13. The molecule has 2 aliphatic heterocycles. The second-order valence-corrected chi connectivity index (χ2v) is 10.7. The lowest BCUT2D eigenvalue weighted by molar-refractivity contribution is 0.355. The van der Waals surface area contributed by atoms with E-state index in [1.54, 1.807) is 0 Å². The molecule has 0 amide bonds. The van der Waals surface area contributed by atoms with Crippen molar-refractivity contribution in [1.82, 2.24) is 15.3 Å². The molecular weight excluding hydrogens is 459 g/mol. The van der Waals surface area contributed by atoms with Crippen molar-refractivity contribution in [2.45, 2.75) is 58.8 Å². The number of benzene rings is 1. The van der Waals surface area contributed by atoms with Gasteiger partial charge in [-0.25, -0.2) is 4.39 Å². The number of piperidine rings is 1. The van der Waals surface area contributed by atoms with E-state index in [-0.39, 0.29) is 5.82 Å². The van der Waals surface area contributed by atoms with Gasteiger partial charge < -0.3 is 20.4 Å². The second kappa shape index (κ2) is 12.5. The lowest BCUT2D eigenvalue weighted by Gasteiger charge is -2.36. The van der Waals surface area contributed by atoms with Crippen LogP contribution in [-0.2, 0) is 6.42 Å². The number of nitrogens with zero attached hydrogens (tertiary/aromatic N) is 4. The molecule has 3 heterocycles. The van der Waals surface area contributed by atoms with Crippen molar-refractivity contribution in [2.75, 3.05) is 47.8 Å². The van der Waals surface area contributed by atoms with E-state index >= 15 is 0 Å². The standard InChI is InChI=1S/C27H39FN6S/c1-20-16-21(2)19-34(18-20)25-17-24(33-14-5-3-4-6-15-33)30-26(31-25)32-27(35)29-13-7-8-22-9-11-23(28)12-10-22/h9-12,17,20-21H,3-8,13-16,18-19H2,1-2H3,(H2,29,30,31,32,35)/t20-,21-/m0/s1. The zero-order valence-corrected chi connectivity index (χ0v) is 21.9. The van der Waals surface area contributed by atoms with Crippen LogP contribution in [0.15, 0.2) is 30.3 Å². The maximum atomic E-state index is 13.1. The average molecular weight is 499 g/mol. The van der Waals surface area contributed by atoms with E-state index in [0.717, 1.165) is 62.8 Å². The van der Waals surface area contributed by atoms with Gasteiger partial charge in [0.2, 0.25) is 5.95 Å². The number of aromatic nitrogens is 2. The summed E-state index contributed by atoms with van der Waals surface area (Å²) < 4.78 is 13.1. The number of halogens is 1. The molecule has 8 heteroatoms. The zero-order valence-electron chi connectivity index (χ0n) is 21.1. The monoisotopic (exact) mass is 498 g/mol. The molecule has 1 aromatic carbocycles. The van der Waals surface area contributed by atoms with Gasteiger partial charge in [0.05, 0.1) is 0 Å². The largest absolute Gasteiger partial charge is 0.362 e. The summed E-state index contributed by atoms with van der Waals surface area (Å²) in [7, 11) is 0. The molecule has 0 unspecified atom stereocenters. The van der Waals surface area contributed by atoms with Crippen LogP contribution < -0.4 is 20.4 Å². The van der Waals surface area contributed by atoms with E-state index < -0.39 is 0 Å². The molecule has 2 fully saturated rings. The van der Waals surface area contributed by atoms with Crippen LogP contribution in [-0.4, -0.2) is 47.8 Å². The first kappa shape index (κ1) is 25.6. The summed E-state index contributed by atoms with van der Waals surface area (Å²) in [6.07, 6.45) is 8.00. The normalized spacial score (nSPS) is 20.9. The molecule has 2 atom stereocenters. The van der Waals surface area contributed by atoms with Gasteiger partial charge in [-0.05, 0) is 73.9 Å². The van der Waals surface area contributed by atoms with Crippen molar-refractivity contribution in [1.29, 1.82) is 0 Å². The number of hydrogen-bond acceptors (Lipinski definition) is 5. The lowest BCUT2D eigenvalue weighted by Crippen LogP contribution is -2.39. The summed E-state index contributed by atoms with van der Waals surface area (Å²) in [6.45, 7) is 9.48. The number of anilines is 3. The maximum absolute atomic E-state index is 13.1. The van der Waals surface area contributed by atoms with Crippen LogP contribution >= 0.6 is 12.2 Å². The number of hydrogen-bond donors (Lipinski definition) is 2. The van der Waals surface area contributed by atoms with Crippen molar-refractivity contribution in [3.8, 4) is 0 Å². The lowest BCUT2D eigenvalue weighted by atomic mass is 9.92. The Bertz CT molecular complexity index is 951. The SMILES string of the molecule is C[C@H]1C[C@H](C)CN(c2cc(N3CCCCCC3)nc(NC(=S)NCCCc3ccc(F)cc3)n2)C1. The molecule has 2 N–H and O–H groups in total. The minimum atomic E-state index is -0.201. The maximum Gasteiger partial charge on any atom is 0.232 e. The minimum Gasteiger partial charge on any atom is -0.362 e. The molecule has 0 bridgehead atoms. The van der Waals surface area contributed by atoms with Gasteiger partial charge in [-0.1, -0.05) is 38.8 Å². The van der Waals surface area contributed by atoms with Crippen LogP contribution in [0.4, 0.5) is 22.0 Å². The molecule has 0 spiro atoms. The number of rotatable bonds is 7. The summed E-state index contributed by atoms with van der Waals surface area (Å²) >= 11 is 5.56. The molecule has 2 saturated heterocycles. The van der Waals surface area contributed by atoms with Crippen molar-refractivity contribution < 1.29 is 4.39 Å². The van der Waals surface area contributed by atoms with E-state index in [2.05, 4.69) is 40.3 Å². The Kier molecular flexibility index (Phi) is 9.12. The molecule has 0 aliphatic carbocycles. The van der Waals surface area contributed by atoms with Gasteiger partial charge in [-0.2, -0.15) is 9.97 Å². The Morgan fingerprint density at radius 1 is 0.971 bits per heavy atom. The first-order chi connectivity index (χ1) is 17.0. The first-order valence-electron chi connectivity index (χ1n) is 13.1. The van der Waals surface area contributed by atoms with Crippen LogP contribution in [0.5, 0.6) is 0 Å². The van der Waals surface area contributed by atoms with E-state index in [1.165, 1.54) is 44.2 Å². The molecule has 1 aromatic heterocycles. The van der Waals surface area contributed by atoms with Gasteiger partial charge in [-0.3, -0.25) is 0 Å². The molecule has 6 nitrogen and oxygen atoms in total. The van der Waals surface area contributed by atoms with E-state index in [4.69, 9.17) is 22.2 Å². The Hall–Kier alpha value is -2.48. The van der Waals surface area contributed by atoms with Crippen LogP contribution in [0.2, 0.25) is 0 Å². The third kappa shape index (κ3) is 7.75. The fraction of sp³-hybridized carbons (Fsp3) is 0.593. The predicted octanol–water partition coefficient (Wildman–Crippen LogP) is 5.40. The predicted molar refractivity (Wildman–Crippen MR) is 147 cm³/mol. The summed E-state index contributed by atoms with van der Waals surface area (Å²) in [6, 6.07) is 8.84. The van der Waals surface area contributed by atoms with Gasteiger partial charge in [0.1, 0.15) is 17.5 Å². The van der Waals surface area contributed by atoms with E-state index in [1.807, 2.05) is 12.1 Å². The molecule has 35 heavy (non-hydrogen) atoms. The van der Waals surface area contributed by atoms with Crippen LogP contribution in [0, 0.1) is 17.7 Å². The number of nitrogens with one attached hydrogen (secondary N) is 2. The van der Waals surface area contributed by atoms with Crippen molar-refractivity contribution >= 4 is 34.9 Å². The fourth-order valence-corrected chi connectivity index (χ4v) is 5.44. The van der Waals surface area contributed by atoms with Crippen molar-refractivity contribution in [3.63, 3.8) is 0 Å². The van der Waals surface area contributed by atoms with Gasteiger partial charge in [0, 0.05) is 38.8 Å².